The van der Waals surface area contributed by atoms with E-state index in [-0.39, 0.29) is 25.4 Å². The molecule has 0 radical (unpaired) electrons. The number of carbonyl (C=O) groups is 1. The Morgan fingerprint density at radius 2 is 1.56 bits per heavy atom. The van der Waals surface area contributed by atoms with Crippen molar-refractivity contribution in [2.24, 2.45) is 17.8 Å². The molecule has 2 aliphatic carbocycles. The summed E-state index contributed by atoms with van der Waals surface area (Å²) in [5.41, 5.74) is 3.61. The molecule has 2 fully saturated rings. The lowest BCUT2D eigenvalue weighted by Gasteiger charge is -2.38. The van der Waals surface area contributed by atoms with Gasteiger partial charge < -0.3 is 29.2 Å². The summed E-state index contributed by atoms with van der Waals surface area (Å²) in [7, 11) is 1.54. The van der Waals surface area contributed by atoms with Gasteiger partial charge in [-0.1, -0.05) is 64.0 Å². The van der Waals surface area contributed by atoms with E-state index in [9.17, 15) is 15.0 Å². The second-order valence-electron chi connectivity index (χ2n) is 12.8. The summed E-state index contributed by atoms with van der Waals surface area (Å²) in [6.07, 6.45) is 11.7. The van der Waals surface area contributed by atoms with Crippen LogP contribution in [0.5, 0.6) is 11.5 Å². The third-order valence-corrected chi connectivity index (χ3v) is 9.65. The van der Waals surface area contributed by atoms with E-state index < -0.39 is 18.9 Å². The number of carbonyl (C=O) groups excluding carboxylic acids is 1. The fourth-order valence-electron chi connectivity index (χ4n) is 7.07. The second-order valence-corrected chi connectivity index (χ2v) is 12.8. The van der Waals surface area contributed by atoms with E-state index in [1.54, 1.807) is 0 Å². The Morgan fingerprint density at radius 3 is 2.18 bits per heavy atom. The molecule has 45 heavy (non-hydrogen) atoms. The molecular formula is C38H52O7. The summed E-state index contributed by atoms with van der Waals surface area (Å²) < 4.78 is 21.9. The number of methoxy groups -OCH3 is 1. The number of ether oxygens (including phenoxy) is 4. The molecule has 0 saturated heterocycles. The highest BCUT2D eigenvalue weighted by atomic mass is 16.6. The molecule has 2 saturated carbocycles. The number of esters is 1. The number of rotatable bonds is 16. The fourth-order valence-corrected chi connectivity index (χ4v) is 7.07. The largest absolute Gasteiger partial charge is 0.491 e. The molecule has 0 aliphatic heterocycles. The smallest absolute Gasteiger partial charge is 0.341 e. The van der Waals surface area contributed by atoms with Crippen molar-refractivity contribution in [2.75, 3.05) is 33.5 Å². The van der Waals surface area contributed by atoms with Crippen LogP contribution in [0.2, 0.25) is 0 Å². The highest BCUT2D eigenvalue weighted by Gasteiger charge is 2.32. The molecule has 0 amide bonds. The molecule has 1 unspecified atom stereocenters. The minimum atomic E-state index is -1.09. The van der Waals surface area contributed by atoms with Gasteiger partial charge in [0.1, 0.15) is 18.1 Å². The van der Waals surface area contributed by atoms with Gasteiger partial charge in [-0.25, -0.2) is 4.79 Å². The molecule has 2 aliphatic rings. The summed E-state index contributed by atoms with van der Waals surface area (Å²) in [5.74, 6) is 3.53. The monoisotopic (exact) mass is 620 g/mol. The van der Waals surface area contributed by atoms with E-state index in [4.69, 9.17) is 18.9 Å². The minimum absolute atomic E-state index is 0.0443. The zero-order valence-corrected chi connectivity index (χ0v) is 27.2. The van der Waals surface area contributed by atoms with Crippen LogP contribution in [-0.4, -0.2) is 56.0 Å². The molecule has 1 atom stereocenters. The molecule has 7 nitrogen and oxygen atoms in total. The van der Waals surface area contributed by atoms with Crippen molar-refractivity contribution in [3.63, 3.8) is 0 Å². The first-order chi connectivity index (χ1) is 21.8. The van der Waals surface area contributed by atoms with Crippen LogP contribution in [0, 0.1) is 17.8 Å². The lowest BCUT2D eigenvalue weighted by Crippen LogP contribution is -2.25. The van der Waals surface area contributed by atoms with Gasteiger partial charge in [-0.15, -0.1) is 0 Å². The molecule has 7 heteroatoms. The highest BCUT2D eigenvalue weighted by Crippen LogP contribution is 2.46. The van der Waals surface area contributed by atoms with Crippen molar-refractivity contribution in [1.82, 2.24) is 0 Å². The first kappa shape index (κ1) is 34.9. The Morgan fingerprint density at radius 1 is 0.911 bits per heavy atom. The zero-order chi connectivity index (χ0) is 32.2. The summed E-state index contributed by atoms with van der Waals surface area (Å²) in [5, 5.41) is 19.3. The van der Waals surface area contributed by atoms with Gasteiger partial charge in [0.15, 0.2) is 6.29 Å². The second kappa shape index (κ2) is 17.7. The average Bonchev–Trinajstić information content (AvgIpc) is 3.07. The summed E-state index contributed by atoms with van der Waals surface area (Å²) >= 11 is 0. The van der Waals surface area contributed by atoms with Crippen LogP contribution in [-0.2, 0) is 14.3 Å². The average molecular weight is 621 g/mol. The van der Waals surface area contributed by atoms with Gasteiger partial charge in [-0.2, -0.15) is 0 Å². The maximum Gasteiger partial charge on any atom is 0.341 e. The number of hydrogen-bond acceptors (Lipinski definition) is 7. The summed E-state index contributed by atoms with van der Waals surface area (Å²) in [4.78, 5) is 12.6. The lowest BCUT2D eigenvalue weighted by atomic mass is 9.68. The fraction of sp³-hybridized carbons (Fsp3) is 0.553. The third kappa shape index (κ3) is 10.0. The first-order valence-corrected chi connectivity index (χ1v) is 16.7. The maximum absolute atomic E-state index is 12.6. The number of hydrogen-bond donors (Lipinski definition) is 2. The third-order valence-electron chi connectivity index (χ3n) is 9.65. The van der Waals surface area contributed by atoms with E-state index in [0.717, 1.165) is 47.3 Å². The van der Waals surface area contributed by atoms with Crippen LogP contribution in [0.25, 0.3) is 11.1 Å². The van der Waals surface area contributed by atoms with Gasteiger partial charge in [-0.05, 0) is 103 Å². The molecule has 2 aromatic rings. The molecular weight excluding hydrogens is 568 g/mol. The Kier molecular flexibility index (Phi) is 13.7. The first-order valence-electron chi connectivity index (χ1n) is 16.7. The summed E-state index contributed by atoms with van der Waals surface area (Å²) in [6, 6.07) is 13.8. The van der Waals surface area contributed by atoms with E-state index in [1.807, 2.05) is 36.4 Å². The highest BCUT2D eigenvalue weighted by molar-refractivity contribution is 5.90. The Bertz CT molecular complexity index is 1240. The maximum atomic E-state index is 12.6. The van der Waals surface area contributed by atoms with Gasteiger partial charge >= 0.3 is 5.97 Å². The standard InChI is InChI=1S/C38H52O7/c1-5-6-28-7-9-29(10-8-28)30-11-13-32(14-12-30)35-23-33(17-20-36(35)45-38(41)26(2)24-39)31-15-18-34(19-16-31)43-21-22-44-37(40)27(3)25-42-4/h15-20,23,28-30,32,37,39-40H,2-3,5-14,21-22,24-25H2,1,4H3. The van der Waals surface area contributed by atoms with E-state index in [2.05, 4.69) is 26.1 Å². The van der Waals surface area contributed by atoms with E-state index in [1.165, 1.54) is 58.5 Å². The topological polar surface area (TPSA) is 94.5 Å². The zero-order valence-electron chi connectivity index (χ0n) is 27.2. The number of aliphatic hydroxyl groups excluding tert-OH is 2. The van der Waals surface area contributed by atoms with Crippen molar-refractivity contribution in [3.8, 4) is 22.6 Å². The van der Waals surface area contributed by atoms with E-state index >= 15 is 0 Å². The summed E-state index contributed by atoms with van der Waals surface area (Å²) in [6.45, 7) is 9.97. The molecule has 246 valence electrons. The van der Waals surface area contributed by atoms with Gasteiger partial charge in [0.25, 0.3) is 0 Å². The molecule has 2 N–H and O–H groups in total. The molecule has 0 bridgehead atoms. The van der Waals surface area contributed by atoms with Crippen LogP contribution >= 0.6 is 0 Å². The molecule has 0 heterocycles. The van der Waals surface area contributed by atoms with Gasteiger partial charge in [-0.3, -0.25) is 0 Å². The van der Waals surface area contributed by atoms with Crippen LogP contribution in [0.15, 0.2) is 66.8 Å². The predicted octanol–water partition coefficient (Wildman–Crippen LogP) is 7.60. The SMILES string of the molecule is C=C(CO)C(=O)Oc1ccc(-c2ccc(OCCOC(O)C(=C)COC)cc2)cc1C1CCC(C2CCC(CCC)CC2)CC1. The van der Waals surface area contributed by atoms with Crippen molar-refractivity contribution >= 4 is 5.97 Å². The molecule has 4 rings (SSSR count). The molecule has 0 aromatic heterocycles. The number of aliphatic hydroxyl groups is 2. The van der Waals surface area contributed by atoms with Crippen LogP contribution < -0.4 is 9.47 Å². The van der Waals surface area contributed by atoms with Gasteiger partial charge in [0.05, 0.1) is 25.4 Å². The van der Waals surface area contributed by atoms with Crippen LogP contribution in [0.1, 0.15) is 82.6 Å². The van der Waals surface area contributed by atoms with Gasteiger partial charge in [0.2, 0.25) is 0 Å². The lowest BCUT2D eigenvalue weighted by molar-refractivity contribution is -0.130. The predicted molar refractivity (Wildman–Crippen MR) is 177 cm³/mol. The molecule has 2 aromatic carbocycles. The Hall–Kier alpha value is -2.97. The normalized spacial score (nSPS) is 22.4. The van der Waals surface area contributed by atoms with Crippen molar-refractivity contribution < 1.29 is 34.0 Å². The van der Waals surface area contributed by atoms with E-state index in [0.29, 0.717) is 23.0 Å². The molecule has 0 spiro atoms. The Balaban J connectivity index is 1.40. The van der Waals surface area contributed by atoms with Crippen molar-refractivity contribution in [1.29, 1.82) is 0 Å². The quantitative estimate of drug-likeness (QED) is 0.0498. The van der Waals surface area contributed by atoms with Crippen LogP contribution in [0.4, 0.5) is 0 Å². The van der Waals surface area contributed by atoms with Gasteiger partial charge in [0, 0.05) is 12.7 Å². The van der Waals surface area contributed by atoms with Crippen LogP contribution in [0.3, 0.4) is 0 Å². The van der Waals surface area contributed by atoms with Crippen molar-refractivity contribution in [2.45, 2.75) is 83.3 Å². The van der Waals surface area contributed by atoms with Crippen molar-refractivity contribution in [3.05, 3.63) is 72.3 Å². The minimum Gasteiger partial charge on any atom is -0.491 e. The number of benzene rings is 2. The Labute approximate surface area is 269 Å².